The lowest BCUT2D eigenvalue weighted by Gasteiger charge is -2.11. The van der Waals surface area contributed by atoms with Crippen LogP contribution in [0, 0.1) is 5.92 Å². The molecule has 0 bridgehead atoms. The monoisotopic (exact) mass is 244 g/mol. The molecule has 18 heavy (non-hydrogen) atoms. The highest BCUT2D eigenvalue weighted by atomic mass is 16.3. The summed E-state index contributed by atoms with van der Waals surface area (Å²) in [5, 5.41) is 10.3. The number of nitrogens with zero attached hydrogens (tertiary/aromatic N) is 2. The first kappa shape index (κ1) is 12.8. The molecule has 1 unspecified atom stereocenters. The molecule has 0 saturated heterocycles. The molecule has 0 radical (unpaired) electrons. The Kier molecular flexibility index (Phi) is 3.82. The van der Waals surface area contributed by atoms with E-state index >= 15 is 0 Å². The van der Waals surface area contributed by atoms with Crippen LogP contribution in [0.4, 0.5) is 0 Å². The van der Waals surface area contributed by atoms with E-state index < -0.39 is 6.10 Å². The van der Waals surface area contributed by atoms with Gasteiger partial charge in [0, 0.05) is 13.2 Å². The van der Waals surface area contributed by atoms with E-state index in [1.54, 1.807) is 6.33 Å². The Morgan fingerprint density at radius 1 is 1.33 bits per heavy atom. The highest BCUT2D eigenvalue weighted by molar-refractivity contribution is 5.29. The van der Waals surface area contributed by atoms with Crippen LogP contribution in [0.15, 0.2) is 36.8 Å². The molecule has 96 valence electrons. The standard InChI is InChI=1S/C15H20N2O/c1-11(2)7-12-5-4-6-13(8-12)15(18)14-9-17(3)10-16-14/h4-6,8-11,15,18H,7H2,1-3H3. The summed E-state index contributed by atoms with van der Waals surface area (Å²) in [7, 11) is 1.90. The van der Waals surface area contributed by atoms with Gasteiger partial charge in [0.1, 0.15) is 6.10 Å². The number of aliphatic hydroxyl groups is 1. The average molecular weight is 244 g/mol. The minimum atomic E-state index is -0.640. The summed E-state index contributed by atoms with van der Waals surface area (Å²) in [6.07, 6.45) is 3.94. The van der Waals surface area contributed by atoms with Crippen molar-refractivity contribution in [3.8, 4) is 0 Å². The first-order valence-electron chi connectivity index (χ1n) is 6.31. The van der Waals surface area contributed by atoms with Crippen molar-refractivity contribution in [2.75, 3.05) is 0 Å². The summed E-state index contributed by atoms with van der Waals surface area (Å²) in [6.45, 7) is 4.39. The molecule has 0 spiro atoms. The summed E-state index contributed by atoms with van der Waals surface area (Å²) in [6, 6.07) is 8.12. The third-order valence-corrected chi connectivity index (χ3v) is 2.92. The molecule has 1 heterocycles. The molecule has 0 amide bonds. The van der Waals surface area contributed by atoms with Crippen LogP contribution in [0.2, 0.25) is 0 Å². The van der Waals surface area contributed by atoms with Gasteiger partial charge in [-0.3, -0.25) is 0 Å². The number of aryl methyl sites for hydroxylation is 1. The van der Waals surface area contributed by atoms with Gasteiger partial charge in [-0.05, 0) is 23.5 Å². The number of aromatic nitrogens is 2. The maximum Gasteiger partial charge on any atom is 0.123 e. The fourth-order valence-electron chi connectivity index (χ4n) is 2.11. The molecule has 0 aliphatic heterocycles. The summed E-state index contributed by atoms with van der Waals surface area (Å²) < 4.78 is 1.84. The second-order valence-electron chi connectivity index (χ2n) is 5.21. The van der Waals surface area contributed by atoms with Crippen LogP contribution >= 0.6 is 0 Å². The van der Waals surface area contributed by atoms with Crippen LogP contribution < -0.4 is 0 Å². The van der Waals surface area contributed by atoms with Crippen molar-refractivity contribution in [2.45, 2.75) is 26.4 Å². The number of rotatable bonds is 4. The van der Waals surface area contributed by atoms with Crippen LogP contribution in [0.25, 0.3) is 0 Å². The maximum absolute atomic E-state index is 10.3. The van der Waals surface area contributed by atoms with Crippen LogP contribution in [0.3, 0.4) is 0 Å². The molecule has 1 aromatic heterocycles. The molecule has 0 fully saturated rings. The summed E-state index contributed by atoms with van der Waals surface area (Å²) in [5.74, 6) is 0.618. The fourth-order valence-corrected chi connectivity index (χ4v) is 2.11. The second-order valence-corrected chi connectivity index (χ2v) is 5.21. The van der Waals surface area contributed by atoms with Gasteiger partial charge >= 0.3 is 0 Å². The molecular formula is C15H20N2O. The Bertz CT molecular complexity index is 517. The van der Waals surface area contributed by atoms with Crippen molar-refractivity contribution in [1.29, 1.82) is 0 Å². The first-order valence-corrected chi connectivity index (χ1v) is 6.31. The van der Waals surface area contributed by atoms with Gasteiger partial charge in [0.25, 0.3) is 0 Å². The van der Waals surface area contributed by atoms with Crippen molar-refractivity contribution in [3.05, 3.63) is 53.6 Å². The number of imidazole rings is 1. The second kappa shape index (κ2) is 5.36. The highest BCUT2D eigenvalue weighted by Gasteiger charge is 2.13. The Morgan fingerprint density at radius 3 is 2.72 bits per heavy atom. The zero-order chi connectivity index (χ0) is 13.1. The Balaban J connectivity index is 2.22. The smallest absolute Gasteiger partial charge is 0.123 e. The topological polar surface area (TPSA) is 38.0 Å². The summed E-state index contributed by atoms with van der Waals surface area (Å²) >= 11 is 0. The van der Waals surface area contributed by atoms with E-state index in [0.717, 1.165) is 12.0 Å². The van der Waals surface area contributed by atoms with E-state index in [1.807, 2.05) is 29.9 Å². The average Bonchev–Trinajstić information content (AvgIpc) is 2.74. The number of benzene rings is 1. The van der Waals surface area contributed by atoms with Gasteiger partial charge < -0.3 is 9.67 Å². The summed E-state index contributed by atoms with van der Waals surface area (Å²) in [4.78, 5) is 4.20. The van der Waals surface area contributed by atoms with Crippen molar-refractivity contribution < 1.29 is 5.11 Å². The van der Waals surface area contributed by atoms with E-state index in [0.29, 0.717) is 11.6 Å². The summed E-state index contributed by atoms with van der Waals surface area (Å²) in [5.41, 5.74) is 2.86. The fraction of sp³-hybridized carbons (Fsp3) is 0.400. The van der Waals surface area contributed by atoms with Gasteiger partial charge in [0.2, 0.25) is 0 Å². The Labute approximate surface area is 108 Å². The third kappa shape index (κ3) is 2.99. The molecule has 1 aromatic carbocycles. The number of hydrogen-bond donors (Lipinski definition) is 1. The van der Waals surface area contributed by atoms with E-state index in [1.165, 1.54) is 5.56 Å². The molecule has 0 aliphatic rings. The molecular weight excluding hydrogens is 224 g/mol. The molecule has 1 N–H and O–H groups in total. The SMILES string of the molecule is CC(C)Cc1cccc(C(O)c2cn(C)cn2)c1. The van der Waals surface area contributed by atoms with Crippen LogP contribution in [-0.4, -0.2) is 14.7 Å². The third-order valence-electron chi connectivity index (χ3n) is 2.92. The molecule has 0 saturated carbocycles. The molecule has 2 rings (SSSR count). The quantitative estimate of drug-likeness (QED) is 0.898. The van der Waals surface area contributed by atoms with Crippen molar-refractivity contribution >= 4 is 0 Å². The molecule has 2 aromatic rings. The van der Waals surface area contributed by atoms with E-state index in [2.05, 4.69) is 31.0 Å². The van der Waals surface area contributed by atoms with Crippen LogP contribution in [-0.2, 0) is 13.5 Å². The lowest BCUT2D eigenvalue weighted by molar-refractivity contribution is 0.215. The van der Waals surface area contributed by atoms with Gasteiger partial charge in [0.05, 0.1) is 12.0 Å². The van der Waals surface area contributed by atoms with Gasteiger partial charge in [-0.2, -0.15) is 0 Å². The first-order chi connectivity index (χ1) is 8.56. The molecule has 3 nitrogen and oxygen atoms in total. The molecule has 3 heteroatoms. The van der Waals surface area contributed by atoms with Gasteiger partial charge in [0.15, 0.2) is 0 Å². The zero-order valence-corrected chi connectivity index (χ0v) is 11.2. The zero-order valence-electron chi connectivity index (χ0n) is 11.2. The number of aliphatic hydroxyl groups excluding tert-OH is 1. The minimum absolute atomic E-state index is 0.618. The van der Waals surface area contributed by atoms with Crippen molar-refractivity contribution in [3.63, 3.8) is 0 Å². The van der Waals surface area contributed by atoms with Gasteiger partial charge in [-0.15, -0.1) is 0 Å². The largest absolute Gasteiger partial charge is 0.382 e. The van der Waals surface area contributed by atoms with Gasteiger partial charge in [-0.1, -0.05) is 38.1 Å². The molecule has 1 atom stereocenters. The van der Waals surface area contributed by atoms with Crippen LogP contribution in [0.1, 0.15) is 36.8 Å². The van der Waals surface area contributed by atoms with Crippen LogP contribution in [0.5, 0.6) is 0 Å². The predicted octanol–water partition coefficient (Wildman–Crippen LogP) is 2.70. The normalized spacial score (nSPS) is 12.9. The Hall–Kier alpha value is -1.61. The lowest BCUT2D eigenvalue weighted by Crippen LogP contribution is -2.02. The number of hydrogen-bond acceptors (Lipinski definition) is 2. The van der Waals surface area contributed by atoms with E-state index in [4.69, 9.17) is 0 Å². The van der Waals surface area contributed by atoms with Crippen molar-refractivity contribution in [2.24, 2.45) is 13.0 Å². The molecule has 0 aliphatic carbocycles. The van der Waals surface area contributed by atoms with Crippen molar-refractivity contribution in [1.82, 2.24) is 9.55 Å². The Morgan fingerprint density at radius 2 is 2.11 bits per heavy atom. The minimum Gasteiger partial charge on any atom is -0.382 e. The lowest BCUT2D eigenvalue weighted by atomic mass is 9.98. The highest BCUT2D eigenvalue weighted by Crippen LogP contribution is 2.22. The maximum atomic E-state index is 10.3. The van der Waals surface area contributed by atoms with Gasteiger partial charge in [-0.25, -0.2) is 4.98 Å². The predicted molar refractivity (Wildman–Crippen MR) is 72.3 cm³/mol. The van der Waals surface area contributed by atoms with E-state index in [9.17, 15) is 5.11 Å². The van der Waals surface area contributed by atoms with E-state index in [-0.39, 0.29) is 0 Å².